The van der Waals surface area contributed by atoms with Crippen LogP contribution in [-0.2, 0) is 0 Å². The summed E-state index contributed by atoms with van der Waals surface area (Å²) < 4.78 is 13.3. The van der Waals surface area contributed by atoms with E-state index in [9.17, 15) is 14.0 Å². The Bertz CT molecular complexity index is 841. The van der Waals surface area contributed by atoms with E-state index < -0.39 is 5.82 Å². The molecule has 1 aromatic carbocycles. The van der Waals surface area contributed by atoms with Gasteiger partial charge in [0.25, 0.3) is 11.8 Å². The number of nitrogens with zero attached hydrogens (tertiary/aromatic N) is 1. The van der Waals surface area contributed by atoms with Gasteiger partial charge in [-0.2, -0.15) is 0 Å². The number of rotatable bonds is 5. The van der Waals surface area contributed by atoms with Gasteiger partial charge in [-0.25, -0.2) is 4.39 Å². The molecule has 1 saturated heterocycles. The van der Waals surface area contributed by atoms with E-state index in [2.05, 4.69) is 10.6 Å². The van der Waals surface area contributed by atoms with E-state index in [0.717, 1.165) is 38.0 Å². The summed E-state index contributed by atoms with van der Waals surface area (Å²) in [5.41, 5.74) is 1.09. The SMILES string of the molecule is CNCC1CCCN(C(=O)c2sc(NC(=O)c3cccc(F)c3)cc2C)C1.Cl. The van der Waals surface area contributed by atoms with Crippen LogP contribution in [0.5, 0.6) is 0 Å². The second-order valence-electron chi connectivity index (χ2n) is 6.90. The van der Waals surface area contributed by atoms with E-state index in [1.807, 2.05) is 18.9 Å². The molecule has 28 heavy (non-hydrogen) atoms. The molecule has 0 saturated carbocycles. The Morgan fingerprint density at radius 2 is 2.11 bits per heavy atom. The lowest BCUT2D eigenvalue weighted by molar-refractivity contribution is 0.0678. The zero-order valence-electron chi connectivity index (χ0n) is 16.0. The summed E-state index contributed by atoms with van der Waals surface area (Å²) in [7, 11) is 1.93. The van der Waals surface area contributed by atoms with Gasteiger partial charge in [0, 0.05) is 18.7 Å². The largest absolute Gasteiger partial charge is 0.338 e. The summed E-state index contributed by atoms with van der Waals surface area (Å²) in [5, 5.41) is 6.54. The third kappa shape index (κ3) is 5.31. The standard InChI is InChI=1S/C20H24FN3O2S.ClH/c1-13-9-17(23-19(25)15-6-3-7-16(21)10-15)27-18(13)20(26)24-8-4-5-14(12-24)11-22-2;/h3,6-7,9-10,14,22H,4-5,8,11-12H2,1-2H3,(H,23,25);1H. The predicted molar refractivity (Wildman–Crippen MR) is 113 cm³/mol. The highest BCUT2D eigenvalue weighted by molar-refractivity contribution is 7.18. The summed E-state index contributed by atoms with van der Waals surface area (Å²) in [6.45, 7) is 4.29. The number of thiophene rings is 1. The first-order valence-corrected chi connectivity index (χ1v) is 9.91. The number of piperidine rings is 1. The van der Waals surface area contributed by atoms with Crippen molar-refractivity contribution in [3.05, 3.63) is 52.2 Å². The highest BCUT2D eigenvalue weighted by atomic mass is 35.5. The number of benzene rings is 1. The number of nitrogens with one attached hydrogen (secondary N) is 2. The quantitative estimate of drug-likeness (QED) is 0.762. The molecular weight excluding hydrogens is 401 g/mol. The summed E-state index contributed by atoms with van der Waals surface area (Å²) in [4.78, 5) is 27.8. The molecule has 0 bridgehead atoms. The van der Waals surface area contributed by atoms with Gasteiger partial charge in [-0.15, -0.1) is 23.7 Å². The lowest BCUT2D eigenvalue weighted by Crippen LogP contribution is -2.42. The summed E-state index contributed by atoms with van der Waals surface area (Å²) in [6.07, 6.45) is 2.13. The van der Waals surface area contributed by atoms with Crippen LogP contribution in [0.1, 0.15) is 38.4 Å². The first kappa shape index (κ1) is 22.3. The molecule has 0 spiro atoms. The highest BCUT2D eigenvalue weighted by Gasteiger charge is 2.26. The topological polar surface area (TPSA) is 61.4 Å². The third-order valence-electron chi connectivity index (χ3n) is 4.73. The number of likely N-dealkylation sites (tertiary alicyclic amines) is 1. The molecule has 1 aromatic heterocycles. The van der Waals surface area contributed by atoms with E-state index in [0.29, 0.717) is 15.8 Å². The van der Waals surface area contributed by atoms with Crippen molar-refractivity contribution in [2.75, 3.05) is 32.0 Å². The molecule has 1 fully saturated rings. The number of anilines is 1. The van der Waals surface area contributed by atoms with Crippen LogP contribution in [-0.4, -0.2) is 43.4 Å². The monoisotopic (exact) mass is 425 g/mol. The second kappa shape index (κ2) is 10.0. The summed E-state index contributed by atoms with van der Waals surface area (Å²) in [5.74, 6) is -0.353. The molecular formula is C20H25ClFN3O2S. The number of carbonyl (C=O) groups is 2. The van der Waals surface area contributed by atoms with E-state index in [1.165, 1.54) is 29.5 Å². The van der Waals surface area contributed by atoms with Gasteiger partial charge in [0.1, 0.15) is 5.82 Å². The molecule has 1 aliphatic heterocycles. The molecule has 2 heterocycles. The fourth-order valence-electron chi connectivity index (χ4n) is 3.42. The molecule has 8 heteroatoms. The van der Waals surface area contributed by atoms with Gasteiger partial charge in [-0.3, -0.25) is 9.59 Å². The predicted octanol–water partition coefficient (Wildman–Crippen LogP) is 3.94. The number of amides is 2. The van der Waals surface area contributed by atoms with Crippen molar-refractivity contribution in [2.45, 2.75) is 19.8 Å². The fourth-order valence-corrected chi connectivity index (χ4v) is 4.45. The Kier molecular flexibility index (Phi) is 7.98. The normalized spacial score (nSPS) is 16.4. The van der Waals surface area contributed by atoms with Crippen molar-refractivity contribution in [1.29, 1.82) is 0 Å². The Labute approximate surface area is 174 Å². The minimum Gasteiger partial charge on any atom is -0.338 e. The molecule has 5 nitrogen and oxygen atoms in total. The number of hydrogen-bond donors (Lipinski definition) is 2. The second-order valence-corrected chi connectivity index (χ2v) is 7.96. The molecule has 0 aliphatic carbocycles. The first-order chi connectivity index (χ1) is 13.0. The molecule has 2 amide bonds. The van der Waals surface area contributed by atoms with Crippen LogP contribution < -0.4 is 10.6 Å². The van der Waals surface area contributed by atoms with Crippen LogP contribution >= 0.6 is 23.7 Å². The van der Waals surface area contributed by atoms with Crippen LogP contribution in [0.15, 0.2) is 30.3 Å². The summed E-state index contributed by atoms with van der Waals surface area (Å²) >= 11 is 1.27. The maximum absolute atomic E-state index is 13.3. The van der Waals surface area contributed by atoms with Crippen LogP contribution in [0.4, 0.5) is 9.39 Å². The number of aryl methyl sites for hydroxylation is 1. The number of halogens is 2. The van der Waals surface area contributed by atoms with Crippen molar-refractivity contribution < 1.29 is 14.0 Å². The fraction of sp³-hybridized carbons (Fsp3) is 0.400. The molecule has 2 N–H and O–H groups in total. The molecule has 2 aromatic rings. The lowest BCUT2D eigenvalue weighted by Gasteiger charge is -2.32. The number of carbonyl (C=O) groups excluding carboxylic acids is 2. The third-order valence-corrected chi connectivity index (χ3v) is 5.88. The molecule has 3 rings (SSSR count). The highest BCUT2D eigenvalue weighted by Crippen LogP contribution is 2.29. The van der Waals surface area contributed by atoms with Gasteiger partial charge < -0.3 is 15.5 Å². The summed E-state index contributed by atoms with van der Waals surface area (Å²) in [6, 6.07) is 7.34. The Morgan fingerprint density at radius 1 is 1.32 bits per heavy atom. The zero-order valence-corrected chi connectivity index (χ0v) is 17.6. The van der Waals surface area contributed by atoms with Crippen LogP contribution in [0, 0.1) is 18.7 Å². The van der Waals surface area contributed by atoms with Crippen LogP contribution in [0.3, 0.4) is 0 Å². The molecule has 1 atom stereocenters. The van der Waals surface area contributed by atoms with E-state index in [-0.39, 0.29) is 29.8 Å². The minimum absolute atomic E-state index is 0. The zero-order chi connectivity index (χ0) is 19.4. The van der Waals surface area contributed by atoms with Gasteiger partial charge in [0.05, 0.1) is 9.88 Å². The maximum Gasteiger partial charge on any atom is 0.264 e. The van der Waals surface area contributed by atoms with Gasteiger partial charge in [-0.05, 0) is 69.1 Å². The van der Waals surface area contributed by atoms with Crippen molar-refractivity contribution in [3.8, 4) is 0 Å². The van der Waals surface area contributed by atoms with Crippen molar-refractivity contribution in [3.63, 3.8) is 0 Å². The average Bonchev–Trinajstić information content (AvgIpc) is 3.01. The van der Waals surface area contributed by atoms with E-state index >= 15 is 0 Å². The Balaban J connectivity index is 0.00000280. The Morgan fingerprint density at radius 3 is 2.82 bits per heavy atom. The Hall–Kier alpha value is -1.96. The van der Waals surface area contributed by atoms with E-state index in [1.54, 1.807) is 12.1 Å². The number of hydrogen-bond acceptors (Lipinski definition) is 4. The van der Waals surface area contributed by atoms with Crippen molar-refractivity contribution >= 4 is 40.6 Å². The van der Waals surface area contributed by atoms with Gasteiger partial charge >= 0.3 is 0 Å². The smallest absolute Gasteiger partial charge is 0.264 e. The molecule has 0 radical (unpaired) electrons. The maximum atomic E-state index is 13.3. The van der Waals surface area contributed by atoms with Crippen molar-refractivity contribution in [1.82, 2.24) is 10.2 Å². The lowest BCUT2D eigenvalue weighted by atomic mass is 9.98. The van der Waals surface area contributed by atoms with Crippen LogP contribution in [0.2, 0.25) is 0 Å². The first-order valence-electron chi connectivity index (χ1n) is 9.09. The molecule has 1 aliphatic rings. The van der Waals surface area contributed by atoms with Gasteiger partial charge in [0.15, 0.2) is 0 Å². The minimum atomic E-state index is -0.456. The van der Waals surface area contributed by atoms with Crippen LogP contribution in [0.25, 0.3) is 0 Å². The van der Waals surface area contributed by atoms with E-state index in [4.69, 9.17) is 0 Å². The van der Waals surface area contributed by atoms with Gasteiger partial charge in [0.2, 0.25) is 0 Å². The molecule has 1 unspecified atom stereocenters. The average molecular weight is 426 g/mol. The molecule has 152 valence electrons. The van der Waals surface area contributed by atoms with Gasteiger partial charge in [-0.1, -0.05) is 6.07 Å². The van der Waals surface area contributed by atoms with Crippen molar-refractivity contribution in [2.24, 2.45) is 5.92 Å².